The molecule has 0 fully saturated rings. The molecule has 0 aliphatic rings. The van der Waals surface area contributed by atoms with Crippen LogP contribution in [0.15, 0.2) is 24.3 Å². The molecule has 1 atom stereocenters. The van der Waals surface area contributed by atoms with E-state index in [9.17, 15) is 4.39 Å². The largest absolute Gasteiger partial charge is 0.385 e. The second kappa shape index (κ2) is 9.83. The third-order valence-electron chi connectivity index (χ3n) is 3.17. The molecule has 0 amide bonds. The maximum absolute atomic E-state index is 13.2. The molecule has 0 bridgehead atoms. The van der Waals surface area contributed by atoms with Gasteiger partial charge in [-0.3, -0.25) is 4.90 Å². The molecule has 1 aromatic rings. The van der Waals surface area contributed by atoms with E-state index in [0.29, 0.717) is 13.2 Å². The van der Waals surface area contributed by atoms with Gasteiger partial charge in [-0.1, -0.05) is 12.1 Å². The van der Waals surface area contributed by atoms with E-state index in [2.05, 4.69) is 4.90 Å². The summed E-state index contributed by atoms with van der Waals surface area (Å²) in [6.07, 6.45) is 0.941. The molecular weight excluding hydrogens is 259 g/mol. The Balaban J connectivity index is 2.53. The van der Waals surface area contributed by atoms with Gasteiger partial charge >= 0.3 is 0 Å². The quantitative estimate of drug-likeness (QED) is 0.666. The Morgan fingerprint density at radius 2 is 1.95 bits per heavy atom. The Bertz CT molecular complexity index is 377. The Morgan fingerprint density at radius 3 is 2.60 bits per heavy atom. The van der Waals surface area contributed by atoms with Gasteiger partial charge in [0.1, 0.15) is 5.82 Å². The molecule has 4 nitrogen and oxygen atoms in total. The molecule has 0 saturated carbocycles. The standard InChI is InChI=1S/C15H25FN2O2/c1-19-9-4-7-18(8-10-20-2)12-15(17)13-5-3-6-14(16)11-13/h3,5-6,11,15H,4,7-10,12,17H2,1-2H3. The molecule has 0 spiro atoms. The van der Waals surface area contributed by atoms with Gasteiger partial charge < -0.3 is 15.2 Å². The number of benzene rings is 1. The first-order valence-corrected chi connectivity index (χ1v) is 6.88. The zero-order valence-corrected chi connectivity index (χ0v) is 12.3. The summed E-state index contributed by atoms with van der Waals surface area (Å²) in [5, 5.41) is 0. The highest BCUT2D eigenvalue weighted by atomic mass is 19.1. The number of hydrogen-bond donors (Lipinski definition) is 1. The van der Waals surface area contributed by atoms with Crippen molar-refractivity contribution in [3.8, 4) is 0 Å². The SMILES string of the molecule is COCCCN(CCOC)CC(N)c1cccc(F)c1. The molecule has 1 unspecified atom stereocenters. The number of methoxy groups -OCH3 is 2. The van der Waals surface area contributed by atoms with Crippen LogP contribution in [0.25, 0.3) is 0 Å². The van der Waals surface area contributed by atoms with Gasteiger partial charge in [-0.05, 0) is 24.1 Å². The minimum absolute atomic E-state index is 0.204. The molecule has 114 valence electrons. The molecule has 1 aromatic carbocycles. The number of nitrogens with zero attached hydrogens (tertiary/aromatic N) is 1. The summed E-state index contributed by atoms with van der Waals surface area (Å²) in [4.78, 5) is 2.22. The molecule has 0 heterocycles. The summed E-state index contributed by atoms with van der Waals surface area (Å²) in [5.41, 5.74) is 6.98. The van der Waals surface area contributed by atoms with Crippen LogP contribution in [0.4, 0.5) is 4.39 Å². The van der Waals surface area contributed by atoms with Crippen LogP contribution in [0.2, 0.25) is 0 Å². The maximum atomic E-state index is 13.2. The van der Waals surface area contributed by atoms with Crippen molar-refractivity contribution >= 4 is 0 Å². The van der Waals surface area contributed by atoms with Crippen LogP contribution in [0.5, 0.6) is 0 Å². The van der Waals surface area contributed by atoms with Crippen molar-refractivity contribution in [2.75, 3.05) is 47.1 Å². The van der Waals surface area contributed by atoms with Crippen molar-refractivity contribution < 1.29 is 13.9 Å². The van der Waals surface area contributed by atoms with Crippen molar-refractivity contribution in [1.29, 1.82) is 0 Å². The van der Waals surface area contributed by atoms with E-state index in [1.54, 1.807) is 20.3 Å². The first kappa shape index (κ1) is 17.0. The lowest BCUT2D eigenvalue weighted by atomic mass is 10.1. The third-order valence-corrected chi connectivity index (χ3v) is 3.17. The molecule has 0 radical (unpaired) electrons. The normalized spacial score (nSPS) is 12.8. The van der Waals surface area contributed by atoms with E-state index in [-0.39, 0.29) is 11.9 Å². The first-order valence-electron chi connectivity index (χ1n) is 6.88. The summed E-state index contributed by atoms with van der Waals surface area (Å²) in [7, 11) is 3.37. The van der Waals surface area contributed by atoms with Gasteiger partial charge in [0.2, 0.25) is 0 Å². The molecule has 5 heteroatoms. The zero-order valence-electron chi connectivity index (χ0n) is 12.3. The molecule has 0 saturated heterocycles. The highest BCUT2D eigenvalue weighted by Gasteiger charge is 2.12. The molecule has 0 aromatic heterocycles. The number of ether oxygens (including phenoxy) is 2. The van der Waals surface area contributed by atoms with E-state index in [4.69, 9.17) is 15.2 Å². The highest BCUT2D eigenvalue weighted by molar-refractivity contribution is 5.20. The summed E-state index contributed by atoms with van der Waals surface area (Å²) >= 11 is 0. The van der Waals surface area contributed by atoms with Crippen molar-refractivity contribution in [3.63, 3.8) is 0 Å². The van der Waals surface area contributed by atoms with Crippen LogP contribution in [0, 0.1) is 5.82 Å². The number of halogens is 1. The van der Waals surface area contributed by atoms with Crippen LogP contribution in [-0.4, -0.2) is 52.0 Å². The summed E-state index contributed by atoms with van der Waals surface area (Å²) in [6, 6.07) is 6.27. The lowest BCUT2D eigenvalue weighted by Crippen LogP contribution is -2.35. The Morgan fingerprint density at radius 1 is 1.20 bits per heavy atom. The first-order chi connectivity index (χ1) is 9.67. The van der Waals surface area contributed by atoms with Gasteiger partial charge in [-0.15, -0.1) is 0 Å². The second-order valence-corrected chi connectivity index (χ2v) is 4.80. The summed E-state index contributed by atoms with van der Waals surface area (Å²) in [5.74, 6) is -0.249. The Hall–Kier alpha value is -1.01. The smallest absolute Gasteiger partial charge is 0.123 e. The van der Waals surface area contributed by atoms with E-state index in [0.717, 1.165) is 31.7 Å². The van der Waals surface area contributed by atoms with Crippen molar-refractivity contribution in [3.05, 3.63) is 35.6 Å². The van der Waals surface area contributed by atoms with Crippen molar-refractivity contribution in [2.24, 2.45) is 5.73 Å². The average molecular weight is 284 g/mol. The van der Waals surface area contributed by atoms with E-state index < -0.39 is 0 Å². The minimum atomic E-state index is -0.249. The maximum Gasteiger partial charge on any atom is 0.123 e. The molecular formula is C15H25FN2O2. The Kier molecular flexibility index (Phi) is 8.37. The fraction of sp³-hybridized carbons (Fsp3) is 0.600. The van der Waals surface area contributed by atoms with Crippen LogP contribution < -0.4 is 5.73 Å². The van der Waals surface area contributed by atoms with Gasteiger partial charge in [0.25, 0.3) is 0 Å². The van der Waals surface area contributed by atoms with E-state index >= 15 is 0 Å². The number of nitrogens with two attached hydrogens (primary N) is 1. The summed E-state index contributed by atoms with van der Waals surface area (Å²) in [6.45, 7) is 3.75. The van der Waals surface area contributed by atoms with Gasteiger partial charge in [-0.2, -0.15) is 0 Å². The monoisotopic (exact) mass is 284 g/mol. The lowest BCUT2D eigenvalue weighted by Gasteiger charge is -2.25. The van der Waals surface area contributed by atoms with Crippen molar-refractivity contribution in [2.45, 2.75) is 12.5 Å². The van der Waals surface area contributed by atoms with Crippen LogP contribution in [0.1, 0.15) is 18.0 Å². The number of hydrogen-bond acceptors (Lipinski definition) is 4. The van der Waals surface area contributed by atoms with Crippen LogP contribution in [-0.2, 0) is 9.47 Å². The van der Waals surface area contributed by atoms with E-state index in [1.165, 1.54) is 12.1 Å². The fourth-order valence-corrected chi connectivity index (χ4v) is 2.07. The third kappa shape index (κ3) is 6.43. The molecule has 2 N–H and O–H groups in total. The van der Waals surface area contributed by atoms with Gasteiger partial charge in [0.15, 0.2) is 0 Å². The molecule has 20 heavy (non-hydrogen) atoms. The topological polar surface area (TPSA) is 47.7 Å². The number of rotatable bonds is 10. The average Bonchev–Trinajstić information content (AvgIpc) is 2.44. The zero-order chi connectivity index (χ0) is 14.8. The van der Waals surface area contributed by atoms with Gasteiger partial charge in [0.05, 0.1) is 6.61 Å². The van der Waals surface area contributed by atoms with Crippen LogP contribution >= 0.6 is 0 Å². The predicted molar refractivity (Wildman–Crippen MR) is 78.1 cm³/mol. The molecule has 1 rings (SSSR count). The van der Waals surface area contributed by atoms with E-state index in [1.807, 2.05) is 6.07 Å². The Labute approximate surface area is 120 Å². The van der Waals surface area contributed by atoms with Crippen LogP contribution in [0.3, 0.4) is 0 Å². The predicted octanol–water partition coefficient (Wildman–Crippen LogP) is 1.81. The lowest BCUT2D eigenvalue weighted by molar-refractivity contribution is 0.129. The fourth-order valence-electron chi connectivity index (χ4n) is 2.07. The summed E-state index contributed by atoms with van der Waals surface area (Å²) < 4.78 is 23.4. The minimum Gasteiger partial charge on any atom is -0.385 e. The molecule has 0 aliphatic carbocycles. The van der Waals surface area contributed by atoms with Crippen molar-refractivity contribution in [1.82, 2.24) is 4.90 Å². The van der Waals surface area contributed by atoms with Gasteiger partial charge in [0, 0.05) is 46.5 Å². The molecule has 0 aliphatic heterocycles. The second-order valence-electron chi connectivity index (χ2n) is 4.80. The van der Waals surface area contributed by atoms with Gasteiger partial charge in [-0.25, -0.2) is 4.39 Å². The highest BCUT2D eigenvalue weighted by Crippen LogP contribution is 2.13.